The van der Waals surface area contributed by atoms with Gasteiger partial charge in [-0.05, 0) is 43.5 Å². The Morgan fingerprint density at radius 1 is 1.30 bits per heavy atom. The maximum absolute atomic E-state index is 11.4. The maximum atomic E-state index is 11.4. The normalized spacial score (nSPS) is 10.7. The van der Waals surface area contributed by atoms with Gasteiger partial charge in [0, 0.05) is 21.5 Å². The summed E-state index contributed by atoms with van der Waals surface area (Å²) in [5.41, 5.74) is 7.16. The standard InChI is InChI=1S/C14H14BrClN2O2/c15-8-2-1-3-11-12(14(17)19)18-20-13(11)9-4-6-10(16)7-5-9/h4-7H,1-3,8H2,(H2,17,19). The van der Waals surface area contributed by atoms with Crippen LogP contribution in [0.25, 0.3) is 11.3 Å². The minimum absolute atomic E-state index is 0.213. The highest BCUT2D eigenvalue weighted by atomic mass is 79.9. The van der Waals surface area contributed by atoms with Gasteiger partial charge < -0.3 is 10.3 Å². The van der Waals surface area contributed by atoms with Crippen LogP contribution in [0.5, 0.6) is 0 Å². The molecular weight excluding hydrogens is 344 g/mol. The number of hydrogen-bond donors (Lipinski definition) is 1. The zero-order chi connectivity index (χ0) is 14.5. The summed E-state index contributed by atoms with van der Waals surface area (Å²) in [6.07, 6.45) is 2.63. The van der Waals surface area contributed by atoms with Gasteiger partial charge >= 0.3 is 0 Å². The summed E-state index contributed by atoms with van der Waals surface area (Å²) >= 11 is 9.26. The van der Waals surface area contributed by atoms with Crippen molar-refractivity contribution in [3.8, 4) is 11.3 Å². The van der Waals surface area contributed by atoms with E-state index in [0.29, 0.717) is 17.2 Å². The molecule has 0 saturated carbocycles. The van der Waals surface area contributed by atoms with Gasteiger partial charge in [0.2, 0.25) is 0 Å². The van der Waals surface area contributed by atoms with Crippen molar-refractivity contribution in [2.45, 2.75) is 19.3 Å². The largest absolute Gasteiger partial charge is 0.364 e. The first-order chi connectivity index (χ1) is 9.63. The van der Waals surface area contributed by atoms with Crippen molar-refractivity contribution in [2.75, 3.05) is 5.33 Å². The Morgan fingerprint density at radius 3 is 2.60 bits per heavy atom. The van der Waals surface area contributed by atoms with Gasteiger partial charge in [-0.2, -0.15) is 0 Å². The molecule has 0 fully saturated rings. The van der Waals surface area contributed by atoms with E-state index in [4.69, 9.17) is 21.9 Å². The Kier molecular flexibility index (Phi) is 5.20. The highest BCUT2D eigenvalue weighted by Gasteiger charge is 2.20. The van der Waals surface area contributed by atoms with Crippen molar-refractivity contribution < 1.29 is 9.32 Å². The van der Waals surface area contributed by atoms with E-state index in [1.807, 2.05) is 12.1 Å². The van der Waals surface area contributed by atoms with E-state index in [9.17, 15) is 4.79 Å². The van der Waals surface area contributed by atoms with Crippen LogP contribution in [-0.2, 0) is 6.42 Å². The van der Waals surface area contributed by atoms with E-state index in [1.165, 1.54) is 0 Å². The molecule has 2 aromatic rings. The van der Waals surface area contributed by atoms with Crippen LogP contribution in [0.2, 0.25) is 5.02 Å². The minimum atomic E-state index is -0.567. The molecule has 1 aromatic carbocycles. The third-order valence-corrected chi connectivity index (χ3v) is 3.75. The number of aromatic nitrogens is 1. The highest BCUT2D eigenvalue weighted by Crippen LogP contribution is 2.28. The smallest absolute Gasteiger partial charge is 0.271 e. The third-order valence-electron chi connectivity index (χ3n) is 2.94. The minimum Gasteiger partial charge on any atom is -0.364 e. The first-order valence-electron chi connectivity index (χ1n) is 6.23. The number of amides is 1. The van der Waals surface area contributed by atoms with E-state index in [-0.39, 0.29) is 5.69 Å². The number of alkyl halides is 1. The first-order valence-corrected chi connectivity index (χ1v) is 7.73. The van der Waals surface area contributed by atoms with Crippen molar-refractivity contribution in [3.63, 3.8) is 0 Å². The van der Waals surface area contributed by atoms with Gasteiger partial charge in [-0.15, -0.1) is 0 Å². The maximum Gasteiger partial charge on any atom is 0.271 e. The van der Waals surface area contributed by atoms with Crippen LogP contribution in [0.3, 0.4) is 0 Å². The lowest BCUT2D eigenvalue weighted by atomic mass is 10.0. The number of carbonyl (C=O) groups excluding carboxylic acids is 1. The van der Waals surface area contributed by atoms with Crippen LogP contribution in [0, 0.1) is 0 Å². The van der Waals surface area contributed by atoms with Crippen LogP contribution in [0.1, 0.15) is 28.9 Å². The number of carbonyl (C=O) groups is 1. The van der Waals surface area contributed by atoms with Crippen LogP contribution in [0.4, 0.5) is 0 Å². The van der Waals surface area contributed by atoms with Crippen molar-refractivity contribution >= 4 is 33.4 Å². The second-order valence-electron chi connectivity index (χ2n) is 4.36. The molecule has 0 bridgehead atoms. The summed E-state index contributed by atoms with van der Waals surface area (Å²) < 4.78 is 5.31. The second-order valence-corrected chi connectivity index (χ2v) is 5.59. The van der Waals surface area contributed by atoms with Gasteiger partial charge in [0.1, 0.15) is 0 Å². The fraction of sp³-hybridized carbons (Fsp3) is 0.286. The molecule has 0 aliphatic rings. The predicted molar refractivity (Wildman–Crippen MR) is 82.2 cm³/mol. The Hall–Kier alpha value is -1.33. The van der Waals surface area contributed by atoms with Crippen molar-refractivity contribution in [1.29, 1.82) is 0 Å². The van der Waals surface area contributed by atoms with Crippen LogP contribution in [-0.4, -0.2) is 16.4 Å². The molecule has 20 heavy (non-hydrogen) atoms. The summed E-state index contributed by atoms with van der Waals surface area (Å²) in [5, 5.41) is 5.36. The fourth-order valence-electron chi connectivity index (χ4n) is 1.96. The average Bonchev–Trinajstić information content (AvgIpc) is 2.84. The molecule has 0 spiro atoms. The quantitative estimate of drug-likeness (QED) is 0.631. The molecule has 0 aliphatic carbocycles. The third kappa shape index (κ3) is 3.41. The molecule has 2 N–H and O–H groups in total. The van der Waals surface area contributed by atoms with E-state index < -0.39 is 5.91 Å². The Labute approximate surface area is 130 Å². The molecule has 0 unspecified atom stereocenters. The number of nitrogens with two attached hydrogens (primary N) is 1. The summed E-state index contributed by atoms with van der Waals surface area (Å²) in [6, 6.07) is 7.21. The Bertz CT molecular complexity index is 596. The summed E-state index contributed by atoms with van der Waals surface area (Å²) in [7, 11) is 0. The van der Waals surface area contributed by atoms with E-state index in [0.717, 1.165) is 29.3 Å². The van der Waals surface area contributed by atoms with E-state index >= 15 is 0 Å². The summed E-state index contributed by atoms with van der Waals surface area (Å²) in [4.78, 5) is 11.4. The number of primary amides is 1. The van der Waals surface area contributed by atoms with Crippen LogP contribution in [0.15, 0.2) is 28.8 Å². The lowest BCUT2D eigenvalue weighted by Gasteiger charge is -2.02. The van der Waals surface area contributed by atoms with Gasteiger partial charge in [-0.25, -0.2) is 0 Å². The van der Waals surface area contributed by atoms with Crippen molar-refractivity contribution in [2.24, 2.45) is 5.73 Å². The van der Waals surface area contributed by atoms with E-state index in [2.05, 4.69) is 21.1 Å². The van der Waals surface area contributed by atoms with Crippen LogP contribution >= 0.6 is 27.5 Å². The predicted octanol–water partition coefficient (Wildman–Crippen LogP) is 3.81. The SMILES string of the molecule is NC(=O)c1noc(-c2ccc(Cl)cc2)c1CCCCBr. The Balaban J connectivity index is 2.36. The molecular formula is C14H14BrClN2O2. The molecule has 0 saturated heterocycles. The molecule has 1 aromatic heterocycles. The number of halogens is 2. The monoisotopic (exact) mass is 356 g/mol. The van der Waals surface area contributed by atoms with Gasteiger partial charge in [-0.1, -0.05) is 32.7 Å². The van der Waals surface area contributed by atoms with Crippen LogP contribution < -0.4 is 5.73 Å². The molecule has 0 aliphatic heterocycles. The zero-order valence-electron chi connectivity index (χ0n) is 10.7. The molecule has 106 valence electrons. The molecule has 4 nitrogen and oxygen atoms in total. The summed E-state index contributed by atoms with van der Waals surface area (Å²) in [6.45, 7) is 0. The molecule has 1 amide bonds. The fourth-order valence-corrected chi connectivity index (χ4v) is 2.48. The molecule has 2 rings (SSSR count). The number of hydrogen-bond acceptors (Lipinski definition) is 3. The molecule has 0 atom stereocenters. The van der Waals surface area contributed by atoms with Gasteiger partial charge in [-0.3, -0.25) is 4.79 Å². The van der Waals surface area contributed by atoms with Gasteiger partial charge in [0.05, 0.1) is 0 Å². The van der Waals surface area contributed by atoms with Gasteiger partial charge in [0.25, 0.3) is 5.91 Å². The highest BCUT2D eigenvalue weighted by molar-refractivity contribution is 9.09. The van der Waals surface area contributed by atoms with Crippen molar-refractivity contribution in [3.05, 3.63) is 40.5 Å². The van der Waals surface area contributed by atoms with Crippen molar-refractivity contribution in [1.82, 2.24) is 5.16 Å². The second kappa shape index (κ2) is 6.90. The number of rotatable bonds is 6. The molecule has 0 radical (unpaired) electrons. The Morgan fingerprint density at radius 2 is 2.00 bits per heavy atom. The molecule has 6 heteroatoms. The lowest BCUT2D eigenvalue weighted by Crippen LogP contribution is -2.13. The lowest BCUT2D eigenvalue weighted by molar-refractivity contribution is 0.0991. The van der Waals surface area contributed by atoms with E-state index in [1.54, 1.807) is 12.1 Å². The average molecular weight is 358 g/mol. The topological polar surface area (TPSA) is 69.1 Å². The first kappa shape index (κ1) is 15.1. The number of unbranched alkanes of at least 4 members (excludes halogenated alkanes) is 1. The number of benzene rings is 1. The van der Waals surface area contributed by atoms with Gasteiger partial charge in [0.15, 0.2) is 11.5 Å². The summed E-state index contributed by atoms with van der Waals surface area (Å²) in [5.74, 6) is 0.0212. The number of nitrogens with zero attached hydrogens (tertiary/aromatic N) is 1. The zero-order valence-corrected chi connectivity index (χ0v) is 13.1. The molecule has 1 heterocycles.